The average molecular weight is 363 g/mol. The molecule has 0 saturated heterocycles. The highest BCUT2D eigenvalue weighted by Crippen LogP contribution is 2.26. The predicted octanol–water partition coefficient (Wildman–Crippen LogP) is 4.34. The maximum atomic E-state index is 13.0. The number of nitrogens with zero attached hydrogens (tertiary/aromatic N) is 1. The zero-order chi connectivity index (χ0) is 18.8. The molecular formula is C21H14FNO4. The molecule has 0 bridgehead atoms. The lowest BCUT2D eigenvalue weighted by atomic mass is 10.1. The summed E-state index contributed by atoms with van der Waals surface area (Å²) in [6, 6.07) is 17.9. The number of oxime groups is 1. The van der Waals surface area contributed by atoms with Crippen LogP contribution in [-0.2, 0) is 0 Å². The van der Waals surface area contributed by atoms with Crippen molar-refractivity contribution in [3.63, 3.8) is 0 Å². The molecule has 0 aliphatic carbocycles. The van der Waals surface area contributed by atoms with Crippen LogP contribution in [0.1, 0.15) is 5.56 Å². The summed E-state index contributed by atoms with van der Waals surface area (Å²) >= 11 is 0. The van der Waals surface area contributed by atoms with Crippen LogP contribution >= 0.6 is 0 Å². The fraction of sp³-hybridized carbons (Fsp3) is 0.0476. The molecule has 0 saturated carbocycles. The molecule has 0 aliphatic heterocycles. The van der Waals surface area contributed by atoms with Gasteiger partial charge >= 0.3 is 5.63 Å². The SMILES string of the molecule is O=c1oc2cc(OC/C(=N/O)c3ccc(F)cc3)ccc2c2ccccc12. The Kier molecular flexibility index (Phi) is 4.30. The van der Waals surface area contributed by atoms with Crippen molar-refractivity contribution in [2.24, 2.45) is 5.16 Å². The Morgan fingerprint density at radius 3 is 2.48 bits per heavy atom. The second-order valence-electron chi connectivity index (χ2n) is 5.94. The van der Waals surface area contributed by atoms with Gasteiger partial charge in [-0.1, -0.05) is 23.4 Å². The number of hydrogen-bond acceptors (Lipinski definition) is 5. The third-order valence-electron chi connectivity index (χ3n) is 4.27. The summed E-state index contributed by atoms with van der Waals surface area (Å²) in [5.41, 5.74) is 0.770. The fourth-order valence-corrected chi connectivity index (χ4v) is 2.91. The Hall–Kier alpha value is -3.67. The van der Waals surface area contributed by atoms with Crippen LogP contribution in [0.15, 0.2) is 81.1 Å². The number of ether oxygens (including phenoxy) is 1. The molecule has 0 atom stereocenters. The molecule has 1 heterocycles. The molecule has 3 aromatic carbocycles. The largest absolute Gasteiger partial charge is 0.487 e. The van der Waals surface area contributed by atoms with Crippen LogP contribution in [0.25, 0.3) is 21.7 Å². The molecule has 1 N–H and O–H groups in total. The summed E-state index contributed by atoms with van der Waals surface area (Å²) in [4.78, 5) is 12.1. The number of halogens is 1. The van der Waals surface area contributed by atoms with E-state index in [-0.39, 0.29) is 18.1 Å². The van der Waals surface area contributed by atoms with E-state index in [2.05, 4.69) is 5.16 Å². The molecule has 0 amide bonds. The van der Waals surface area contributed by atoms with Crippen LogP contribution in [0.5, 0.6) is 5.75 Å². The fourth-order valence-electron chi connectivity index (χ4n) is 2.91. The zero-order valence-electron chi connectivity index (χ0n) is 14.1. The Morgan fingerprint density at radius 2 is 1.74 bits per heavy atom. The van der Waals surface area contributed by atoms with Gasteiger partial charge in [0.05, 0.1) is 5.39 Å². The van der Waals surface area contributed by atoms with Gasteiger partial charge < -0.3 is 14.4 Å². The molecule has 134 valence electrons. The normalized spacial score (nSPS) is 11.8. The van der Waals surface area contributed by atoms with Crippen molar-refractivity contribution in [2.75, 3.05) is 6.61 Å². The maximum Gasteiger partial charge on any atom is 0.344 e. The first-order valence-corrected chi connectivity index (χ1v) is 8.21. The third-order valence-corrected chi connectivity index (χ3v) is 4.27. The first-order chi connectivity index (χ1) is 13.2. The Balaban J connectivity index is 1.63. The summed E-state index contributed by atoms with van der Waals surface area (Å²) in [6.07, 6.45) is 0. The van der Waals surface area contributed by atoms with Crippen molar-refractivity contribution >= 4 is 27.5 Å². The lowest BCUT2D eigenvalue weighted by Gasteiger charge is -2.09. The summed E-state index contributed by atoms with van der Waals surface area (Å²) in [7, 11) is 0. The van der Waals surface area contributed by atoms with Crippen molar-refractivity contribution in [2.45, 2.75) is 0 Å². The molecule has 5 nitrogen and oxygen atoms in total. The summed E-state index contributed by atoms with van der Waals surface area (Å²) < 4.78 is 24.1. The van der Waals surface area contributed by atoms with Crippen LogP contribution in [-0.4, -0.2) is 17.5 Å². The Labute approximate surface area is 152 Å². The molecule has 6 heteroatoms. The monoisotopic (exact) mass is 363 g/mol. The smallest absolute Gasteiger partial charge is 0.344 e. The van der Waals surface area contributed by atoms with Crippen molar-refractivity contribution < 1.29 is 18.8 Å². The Morgan fingerprint density at radius 1 is 1.00 bits per heavy atom. The molecule has 1 aromatic heterocycles. The molecule has 0 fully saturated rings. The van der Waals surface area contributed by atoms with E-state index in [0.717, 1.165) is 10.8 Å². The van der Waals surface area contributed by atoms with E-state index in [4.69, 9.17) is 9.15 Å². The first kappa shape index (κ1) is 16.8. The van der Waals surface area contributed by atoms with E-state index in [1.165, 1.54) is 24.3 Å². The van der Waals surface area contributed by atoms with Crippen LogP contribution < -0.4 is 10.4 Å². The summed E-state index contributed by atoms with van der Waals surface area (Å²) in [6.45, 7) is -0.0363. The Bertz CT molecular complexity index is 1210. The van der Waals surface area contributed by atoms with Crippen molar-refractivity contribution in [1.29, 1.82) is 0 Å². The number of benzene rings is 3. The predicted molar refractivity (Wildman–Crippen MR) is 100 cm³/mol. The highest BCUT2D eigenvalue weighted by Gasteiger charge is 2.10. The molecule has 27 heavy (non-hydrogen) atoms. The number of hydrogen-bond donors (Lipinski definition) is 1. The van der Waals surface area contributed by atoms with Crippen molar-refractivity contribution in [3.8, 4) is 5.75 Å². The van der Waals surface area contributed by atoms with Crippen molar-refractivity contribution in [1.82, 2.24) is 0 Å². The quantitative estimate of drug-likeness (QED) is 0.192. The standard InChI is InChI=1S/C21H14FNO4/c22-14-7-5-13(6-8-14)19(23-25)12-26-15-9-10-17-16-3-1-2-4-18(16)21(24)27-20(17)11-15/h1-11,25H,12H2/b23-19-. The van der Waals surface area contributed by atoms with E-state index < -0.39 is 5.63 Å². The molecule has 0 spiro atoms. The number of rotatable bonds is 4. The molecule has 4 aromatic rings. The van der Waals surface area contributed by atoms with Gasteiger partial charge in [-0.25, -0.2) is 9.18 Å². The summed E-state index contributed by atoms with van der Waals surface area (Å²) in [5.74, 6) is 0.0675. The van der Waals surface area contributed by atoms with Crippen LogP contribution in [0.4, 0.5) is 4.39 Å². The molecule has 0 unspecified atom stereocenters. The second kappa shape index (κ2) is 6.92. The van der Waals surface area contributed by atoms with Gasteiger partial charge in [0.1, 0.15) is 29.5 Å². The second-order valence-corrected chi connectivity index (χ2v) is 5.94. The molecule has 0 aliphatic rings. The van der Waals surface area contributed by atoms with Crippen LogP contribution in [0, 0.1) is 5.82 Å². The van der Waals surface area contributed by atoms with Gasteiger partial charge in [0.25, 0.3) is 0 Å². The lowest BCUT2D eigenvalue weighted by molar-refractivity contribution is 0.308. The average Bonchev–Trinajstić information content (AvgIpc) is 2.70. The zero-order valence-corrected chi connectivity index (χ0v) is 14.1. The third kappa shape index (κ3) is 3.25. The topological polar surface area (TPSA) is 72.0 Å². The minimum Gasteiger partial charge on any atom is -0.487 e. The maximum absolute atomic E-state index is 13.0. The van der Waals surface area contributed by atoms with E-state index in [1.54, 1.807) is 24.3 Å². The van der Waals surface area contributed by atoms with Gasteiger partial charge in [-0.2, -0.15) is 0 Å². The molecule has 4 rings (SSSR count). The highest BCUT2D eigenvalue weighted by atomic mass is 19.1. The first-order valence-electron chi connectivity index (χ1n) is 8.21. The minimum absolute atomic E-state index is 0.0363. The van der Waals surface area contributed by atoms with Gasteiger partial charge in [0.2, 0.25) is 0 Å². The van der Waals surface area contributed by atoms with E-state index in [0.29, 0.717) is 22.3 Å². The van der Waals surface area contributed by atoms with Gasteiger partial charge in [0.15, 0.2) is 0 Å². The van der Waals surface area contributed by atoms with Gasteiger partial charge in [-0.3, -0.25) is 0 Å². The van der Waals surface area contributed by atoms with Gasteiger partial charge in [-0.15, -0.1) is 0 Å². The van der Waals surface area contributed by atoms with Crippen molar-refractivity contribution in [3.05, 3.63) is 88.5 Å². The summed E-state index contributed by atoms with van der Waals surface area (Å²) in [5, 5.41) is 14.5. The number of fused-ring (bicyclic) bond motifs is 3. The van der Waals surface area contributed by atoms with Crippen LogP contribution in [0.2, 0.25) is 0 Å². The highest BCUT2D eigenvalue weighted by molar-refractivity contribution is 6.04. The van der Waals surface area contributed by atoms with Gasteiger partial charge in [0, 0.05) is 17.0 Å². The van der Waals surface area contributed by atoms with E-state index in [9.17, 15) is 14.4 Å². The molecule has 0 radical (unpaired) electrons. The molecular weight excluding hydrogens is 349 g/mol. The minimum atomic E-state index is -0.417. The van der Waals surface area contributed by atoms with Gasteiger partial charge in [-0.05, 0) is 47.9 Å². The lowest BCUT2D eigenvalue weighted by Crippen LogP contribution is -2.13. The van der Waals surface area contributed by atoms with E-state index in [1.807, 2.05) is 18.2 Å². The van der Waals surface area contributed by atoms with Crippen LogP contribution in [0.3, 0.4) is 0 Å². The van der Waals surface area contributed by atoms with E-state index >= 15 is 0 Å².